The molecule has 15 heavy (non-hydrogen) atoms. The van der Waals surface area contributed by atoms with E-state index in [9.17, 15) is 18.0 Å². The van der Waals surface area contributed by atoms with Crippen molar-refractivity contribution in [1.82, 2.24) is 4.90 Å². The van der Waals surface area contributed by atoms with Gasteiger partial charge in [-0.05, 0) is 19.3 Å². The third-order valence-corrected chi connectivity index (χ3v) is 2.56. The van der Waals surface area contributed by atoms with Crippen molar-refractivity contribution in [3.63, 3.8) is 0 Å². The van der Waals surface area contributed by atoms with Gasteiger partial charge in [-0.15, -0.1) is 0 Å². The summed E-state index contributed by atoms with van der Waals surface area (Å²) in [6, 6.07) is -0.0246. The maximum Gasteiger partial charge on any atom is 0.397 e. The largest absolute Gasteiger partial charge is 0.397 e. The molecule has 0 spiro atoms. The van der Waals surface area contributed by atoms with Crippen molar-refractivity contribution in [2.75, 3.05) is 13.1 Å². The molecule has 0 heterocycles. The second kappa shape index (κ2) is 4.83. The van der Waals surface area contributed by atoms with Crippen LogP contribution >= 0.6 is 0 Å². The van der Waals surface area contributed by atoms with E-state index >= 15 is 0 Å². The molecular weight excluding hydrogens is 209 g/mol. The lowest BCUT2D eigenvalue weighted by Gasteiger charge is -2.37. The zero-order valence-electron chi connectivity index (χ0n) is 8.39. The van der Waals surface area contributed by atoms with E-state index in [1.165, 1.54) is 4.90 Å². The number of carbonyl (C=O) groups is 1. The number of halogens is 3. The first kappa shape index (κ1) is 12.3. The standard InChI is InChI=1S/C9H15F3N2O/c10-9(11,12)6-8(15)14(5-4-13)7-2-1-3-7/h7H,1-6,13H2. The third-order valence-electron chi connectivity index (χ3n) is 2.56. The Labute approximate surface area is 86.4 Å². The van der Waals surface area contributed by atoms with Crippen LogP contribution < -0.4 is 5.73 Å². The van der Waals surface area contributed by atoms with Gasteiger partial charge in [-0.2, -0.15) is 13.2 Å². The quantitative estimate of drug-likeness (QED) is 0.781. The number of nitrogens with zero attached hydrogens (tertiary/aromatic N) is 1. The summed E-state index contributed by atoms with van der Waals surface area (Å²) in [5, 5.41) is 0. The smallest absolute Gasteiger partial charge is 0.338 e. The molecule has 0 radical (unpaired) electrons. The fourth-order valence-electron chi connectivity index (χ4n) is 1.62. The summed E-state index contributed by atoms with van der Waals surface area (Å²) in [5.41, 5.74) is 5.27. The normalized spacial score (nSPS) is 17.3. The lowest BCUT2D eigenvalue weighted by atomic mass is 9.91. The minimum absolute atomic E-state index is 0.0246. The van der Waals surface area contributed by atoms with Gasteiger partial charge in [0.2, 0.25) is 5.91 Å². The van der Waals surface area contributed by atoms with Crippen molar-refractivity contribution in [1.29, 1.82) is 0 Å². The highest BCUT2D eigenvalue weighted by Gasteiger charge is 2.36. The van der Waals surface area contributed by atoms with Crippen LogP contribution in [0.1, 0.15) is 25.7 Å². The number of alkyl halides is 3. The fourth-order valence-corrected chi connectivity index (χ4v) is 1.62. The van der Waals surface area contributed by atoms with E-state index in [-0.39, 0.29) is 19.1 Å². The van der Waals surface area contributed by atoms with Crippen molar-refractivity contribution in [3.05, 3.63) is 0 Å². The maximum absolute atomic E-state index is 12.0. The van der Waals surface area contributed by atoms with Crippen LogP contribution in [0.4, 0.5) is 13.2 Å². The number of hydrogen-bond acceptors (Lipinski definition) is 2. The predicted molar refractivity (Wildman–Crippen MR) is 49.1 cm³/mol. The minimum Gasteiger partial charge on any atom is -0.338 e. The predicted octanol–water partition coefficient (Wildman–Crippen LogP) is 1.28. The number of rotatable bonds is 4. The van der Waals surface area contributed by atoms with Gasteiger partial charge < -0.3 is 10.6 Å². The summed E-state index contributed by atoms with van der Waals surface area (Å²) < 4.78 is 36.0. The van der Waals surface area contributed by atoms with Crippen molar-refractivity contribution in [2.24, 2.45) is 5.73 Å². The number of hydrogen-bond donors (Lipinski definition) is 1. The number of carbonyl (C=O) groups excluding carboxylic acids is 1. The molecule has 0 unspecified atom stereocenters. The van der Waals surface area contributed by atoms with E-state index in [1.54, 1.807) is 0 Å². The summed E-state index contributed by atoms with van der Waals surface area (Å²) in [7, 11) is 0. The van der Waals surface area contributed by atoms with Crippen LogP contribution in [-0.2, 0) is 4.79 Å². The molecule has 1 aliphatic carbocycles. The molecule has 1 saturated carbocycles. The molecule has 0 aliphatic heterocycles. The number of amides is 1. The highest BCUT2D eigenvalue weighted by Crippen LogP contribution is 2.27. The summed E-state index contributed by atoms with van der Waals surface area (Å²) in [5.74, 6) is -0.849. The SMILES string of the molecule is NCCN(C(=O)CC(F)(F)F)C1CCC1. The zero-order valence-corrected chi connectivity index (χ0v) is 8.39. The van der Waals surface area contributed by atoms with Gasteiger partial charge in [-0.1, -0.05) is 0 Å². The van der Waals surface area contributed by atoms with Crippen LogP contribution in [0, 0.1) is 0 Å². The van der Waals surface area contributed by atoms with E-state index < -0.39 is 18.5 Å². The molecule has 1 amide bonds. The first-order valence-corrected chi connectivity index (χ1v) is 5.00. The van der Waals surface area contributed by atoms with Crippen molar-refractivity contribution in [2.45, 2.75) is 37.9 Å². The van der Waals surface area contributed by atoms with Gasteiger partial charge >= 0.3 is 6.18 Å². The Balaban J connectivity index is 2.50. The molecule has 1 fully saturated rings. The molecule has 88 valence electrons. The van der Waals surface area contributed by atoms with Crippen LogP contribution in [0.5, 0.6) is 0 Å². The zero-order chi connectivity index (χ0) is 11.5. The van der Waals surface area contributed by atoms with E-state index in [0.29, 0.717) is 0 Å². The molecule has 0 atom stereocenters. The van der Waals surface area contributed by atoms with E-state index in [4.69, 9.17) is 5.73 Å². The third kappa shape index (κ3) is 3.70. The molecular formula is C9H15F3N2O. The van der Waals surface area contributed by atoms with Crippen LogP contribution in [0.25, 0.3) is 0 Å². The number of nitrogens with two attached hydrogens (primary N) is 1. The fraction of sp³-hybridized carbons (Fsp3) is 0.889. The van der Waals surface area contributed by atoms with Crippen LogP contribution in [-0.4, -0.2) is 36.1 Å². The molecule has 1 aliphatic rings. The second-order valence-corrected chi connectivity index (χ2v) is 3.75. The Kier molecular flexibility index (Phi) is 3.96. The van der Waals surface area contributed by atoms with E-state index in [0.717, 1.165) is 19.3 Å². The average Bonchev–Trinajstić information content (AvgIpc) is 1.96. The Morgan fingerprint density at radius 1 is 1.40 bits per heavy atom. The van der Waals surface area contributed by atoms with Gasteiger partial charge in [0, 0.05) is 19.1 Å². The van der Waals surface area contributed by atoms with Gasteiger partial charge in [-0.3, -0.25) is 4.79 Å². The molecule has 0 aromatic heterocycles. The van der Waals surface area contributed by atoms with Crippen LogP contribution in [0.2, 0.25) is 0 Å². The highest BCUT2D eigenvalue weighted by atomic mass is 19.4. The monoisotopic (exact) mass is 224 g/mol. The van der Waals surface area contributed by atoms with Crippen molar-refractivity contribution < 1.29 is 18.0 Å². The Bertz CT molecular complexity index is 226. The molecule has 0 aromatic rings. The summed E-state index contributed by atoms with van der Waals surface area (Å²) in [6.07, 6.45) is -3.23. The van der Waals surface area contributed by atoms with Gasteiger partial charge in [0.1, 0.15) is 6.42 Å². The van der Waals surface area contributed by atoms with Gasteiger partial charge in [0.25, 0.3) is 0 Å². The molecule has 6 heteroatoms. The van der Waals surface area contributed by atoms with Gasteiger partial charge in [0.15, 0.2) is 0 Å². The maximum atomic E-state index is 12.0. The first-order valence-electron chi connectivity index (χ1n) is 5.00. The Morgan fingerprint density at radius 2 is 2.00 bits per heavy atom. The molecule has 2 N–H and O–H groups in total. The molecule has 0 bridgehead atoms. The minimum atomic E-state index is -4.42. The first-order chi connectivity index (χ1) is 6.94. The van der Waals surface area contributed by atoms with Crippen molar-refractivity contribution >= 4 is 5.91 Å². The van der Waals surface area contributed by atoms with Crippen molar-refractivity contribution in [3.8, 4) is 0 Å². The summed E-state index contributed by atoms with van der Waals surface area (Å²) >= 11 is 0. The topological polar surface area (TPSA) is 46.3 Å². The summed E-state index contributed by atoms with van der Waals surface area (Å²) in [6.45, 7) is 0.430. The van der Waals surface area contributed by atoms with E-state index in [2.05, 4.69) is 0 Å². The lowest BCUT2D eigenvalue weighted by Crippen LogP contribution is -2.47. The van der Waals surface area contributed by atoms with Crippen LogP contribution in [0.3, 0.4) is 0 Å². The molecule has 0 aromatic carbocycles. The van der Waals surface area contributed by atoms with E-state index in [1.807, 2.05) is 0 Å². The molecule has 1 rings (SSSR count). The van der Waals surface area contributed by atoms with Crippen LogP contribution in [0.15, 0.2) is 0 Å². The molecule has 3 nitrogen and oxygen atoms in total. The highest BCUT2D eigenvalue weighted by molar-refractivity contribution is 5.77. The average molecular weight is 224 g/mol. The summed E-state index contributed by atoms with van der Waals surface area (Å²) in [4.78, 5) is 12.6. The molecule has 0 saturated heterocycles. The van der Waals surface area contributed by atoms with Gasteiger partial charge in [-0.25, -0.2) is 0 Å². The Hall–Kier alpha value is -0.780. The second-order valence-electron chi connectivity index (χ2n) is 3.75. The lowest BCUT2D eigenvalue weighted by molar-refractivity contribution is -0.164. The van der Waals surface area contributed by atoms with Gasteiger partial charge in [0.05, 0.1) is 0 Å². The Morgan fingerprint density at radius 3 is 2.33 bits per heavy atom.